The van der Waals surface area contributed by atoms with E-state index in [4.69, 9.17) is 10.8 Å². The molecule has 0 radical (unpaired) electrons. The molecule has 0 fully saturated rings. The van der Waals surface area contributed by atoms with Crippen LogP contribution < -0.4 is 21.7 Å². The zero-order chi connectivity index (χ0) is 26.7. The van der Waals surface area contributed by atoms with Gasteiger partial charge in [0.1, 0.15) is 24.4 Å². The number of phenolic OH excluding ortho intramolecular Hbond substituents is 1. The van der Waals surface area contributed by atoms with Crippen LogP contribution in [-0.4, -0.2) is 58.6 Å². The number of benzene rings is 2. The van der Waals surface area contributed by atoms with Gasteiger partial charge in [0.2, 0.25) is 17.7 Å². The molecule has 7 N–H and O–H groups in total. The van der Waals surface area contributed by atoms with Crippen LogP contribution >= 0.6 is 0 Å². The molecular weight excluding hydrogens is 464 g/mol. The first-order valence-electron chi connectivity index (χ1n) is 11.8. The number of carbonyl (C=O) groups is 4. The van der Waals surface area contributed by atoms with Gasteiger partial charge in [0, 0.05) is 6.42 Å². The molecular formula is C26H34N4O6. The molecule has 0 spiro atoms. The Hall–Kier alpha value is -3.92. The van der Waals surface area contributed by atoms with Crippen LogP contribution in [0.2, 0.25) is 0 Å². The number of nitrogens with one attached hydrogen (secondary N) is 3. The minimum absolute atomic E-state index is 0.0426. The Morgan fingerprint density at radius 3 is 2.06 bits per heavy atom. The Balaban J connectivity index is 2.15. The molecule has 0 saturated heterocycles. The lowest BCUT2D eigenvalue weighted by molar-refractivity contribution is -0.138. The van der Waals surface area contributed by atoms with Gasteiger partial charge in [0.15, 0.2) is 0 Å². The molecule has 0 aliphatic carbocycles. The van der Waals surface area contributed by atoms with E-state index in [1.807, 2.05) is 37.3 Å². The minimum atomic E-state index is -1.23. The average molecular weight is 499 g/mol. The molecule has 0 aromatic heterocycles. The molecule has 0 aliphatic rings. The van der Waals surface area contributed by atoms with Gasteiger partial charge in [-0.2, -0.15) is 0 Å². The second-order valence-electron chi connectivity index (χ2n) is 8.71. The molecule has 10 heteroatoms. The molecule has 0 heterocycles. The fraction of sp³-hybridized carbons (Fsp3) is 0.385. The fourth-order valence-corrected chi connectivity index (χ4v) is 3.55. The van der Waals surface area contributed by atoms with Gasteiger partial charge in [0.25, 0.3) is 0 Å². The van der Waals surface area contributed by atoms with Crippen molar-refractivity contribution in [2.24, 2.45) is 11.7 Å². The number of aromatic hydroxyl groups is 1. The largest absolute Gasteiger partial charge is 0.508 e. The van der Waals surface area contributed by atoms with Gasteiger partial charge in [-0.15, -0.1) is 0 Å². The molecule has 0 bridgehead atoms. The van der Waals surface area contributed by atoms with Crippen LogP contribution in [0.1, 0.15) is 31.4 Å². The zero-order valence-electron chi connectivity index (χ0n) is 20.4. The molecule has 2 aromatic rings. The number of carboxylic acid groups (broad SMARTS) is 1. The van der Waals surface area contributed by atoms with Gasteiger partial charge in [-0.1, -0.05) is 62.7 Å². The van der Waals surface area contributed by atoms with Crippen molar-refractivity contribution >= 4 is 23.7 Å². The van der Waals surface area contributed by atoms with Crippen LogP contribution in [-0.2, 0) is 32.0 Å². The van der Waals surface area contributed by atoms with Gasteiger partial charge >= 0.3 is 5.97 Å². The van der Waals surface area contributed by atoms with Crippen LogP contribution in [0.4, 0.5) is 0 Å². The maximum absolute atomic E-state index is 13.3. The van der Waals surface area contributed by atoms with E-state index in [0.717, 1.165) is 5.56 Å². The number of aliphatic carboxylic acids is 1. The predicted octanol–water partition coefficient (Wildman–Crippen LogP) is 0.721. The Morgan fingerprint density at radius 2 is 1.47 bits per heavy atom. The fourth-order valence-electron chi connectivity index (χ4n) is 3.55. The Kier molecular flexibility index (Phi) is 10.9. The highest BCUT2D eigenvalue weighted by Crippen LogP contribution is 2.13. The van der Waals surface area contributed by atoms with Crippen LogP contribution in [0.15, 0.2) is 54.6 Å². The average Bonchev–Trinajstić information content (AvgIpc) is 2.86. The van der Waals surface area contributed by atoms with E-state index in [0.29, 0.717) is 18.4 Å². The van der Waals surface area contributed by atoms with Crippen molar-refractivity contribution in [3.8, 4) is 5.75 Å². The molecule has 0 aliphatic heterocycles. The summed E-state index contributed by atoms with van der Waals surface area (Å²) in [6, 6.07) is 12.4. The number of nitrogens with two attached hydrogens (primary N) is 1. The van der Waals surface area contributed by atoms with Crippen molar-refractivity contribution in [3.63, 3.8) is 0 Å². The smallest absolute Gasteiger partial charge is 0.322 e. The van der Waals surface area contributed by atoms with Crippen molar-refractivity contribution in [2.75, 3.05) is 6.54 Å². The first-order valence-corrected chi connectivity index (χ1v) is 11.8. The van der Waals surface area contributed by atoms with Crippen molar-refractivity contribution in [2.45, 2.75) is 51.2 Å². The summed E-state index contributed by atoms with van der Waals surface area (Å²) >= 11 is 0. The van der Waals surface area contributed by atoms with E-state index in [1.54, 1.807) is 19.1 Å². The van der Waals surface area contributed by atoms with Crippen LogP contribution in [0.3, 0.4) is 0 Å². The highest BCUT2D eigenvalue weighted by Gasteiger charge is 2.31. The third kappa shape index (κ3) is 9.03. The predicted molar refractivity (Wildman–Crippen MR) is 134 cm³/mol. The van der Waals surface area contributed by atoms with Gasteiger partial charge in [-0.05, 0) is 35.6 Å². The van der Waals surface area contributed by atoms with Gasteiger partial charge in [0.05, 0.1) is 6.04 Å². The lowest BCUT2D eigenvalue weighted by atomic mass is 9.96. The number of hydrogen-bond acceptors (Lipinski definition) is 6. The number of carbonyl (C=O) groups excluding carboxylic acids is 3. The second kappa shape index (κ2) is 13.8. The standard InChI is InChI=1S/C26H34N4O6/c1-3-16(2)23(30-24(34)20(27)13-17-7-5-4-6-8-17)26(36)29-21(25(35)28-15-22(32)33)14-18-9-11-19(31)12-10-18/h4-12,16,20-21,23,31H,3,13-15,27H2,1-2H3,(H,28,35)(H,29,36)(H,30,34)(H,32,33). The van der Waals surface area contributed by atoms with E-state index in [1.165, 1.54) is 12.1 Å². The number of phenols is 1. The Bertz CT molecular complexity index is 1030. The highest BCUT2D eigenvalue weighted by molar-refractivity contribution is 5.94. The van der Waals surface area contributed by atoms with Gasteiger partial charge in [-0.25, -0.2) is 0 Å². The maximum atomic E-state index is 13.3. The number of hydrogen-bond donors (Lipinski definition) is 6. The number of rotatable bonds is 13. The van der Waals surface area contributed by atoms with Crippen LogP contribution in [0.25, 0.3) is 0 Å². The Labute approximate surface area is 210 Å². The molecule has 10 nitrogen and oxygen atoms in total. The van der Waals surface area contributed by atoms with Crippen molar-refractivity contribution < 1.29 is 29.4 Å². The van der Waals surface area contributed by atoms with Crippen LogP contribution in [0, 0.1) is 5.92 Å². The summed E-state index contributed by atoms with van der Waals surface area (Å²) < 4.78 is 0. The van der Waals surface area contributed by atoms with Crippen LogP contribution in [0.5, 0.6) is 5.75 Å². The van der Waals surface area contributed by atoms with E-state index >= 15 is 0 Å². The highest BCUT2D eigenvalue weighted by atomic mass is 16.4. The van der Waals surface area contributed by atoms with Crippen molar-refractivity contribution in [3.05, 3.63) is 65.7 Å². The van der Waals surface area contributed by atoms with Gasteiger partial charge < -0.3 is 31.9 Å². The maximum Gasteiger partial charge on any atom is 0.322 e. The monoisotopic (exact) mass is 498 g/mol. The summed E-state index contributed by atoms with van der Waals surface area (Å²) in [7, 11) is 0. The molecule has 2 aromatic carbocycles. The molecule has 4 unspecified atom stereocenters. The molecule has 3 amide bonds. The summed E-state index contributed by atoms with van der Waals surface area (Å²) in [4.78, 5) is 49.7. The van der Waals surface area contributed by atoms with E-state index in [2.05, 4.69) is 16.0 Å². The zero-order valence-corrected chi connectivity index (χ0v) is 20.4. The quantitative estimate of drug-likeness (QED) is 0.236. The SMILES string of the molecule is CCC(C)C(NC(=O)C(N)Cc1ccccc1)C(=O)NC(Cc1ccc(O)cc1)C(=O)NCC(=O)O. The van der Waals surface area contributed by atoms with E-state index in [-0.39, 0.29) is 18.1 Å². The molecule has 2 rings (SSSR count). The normalized spacial score (nSPS) is 14.1. The summed E-state index contributed by atoms with van der Waals surface area (Å²) in [6.45, 7) is 3.06. The molecule has 36 heavy (non-hydrogen) atoms. The number of amides is 3. The van der Waals surface area contributed by atoms with E-state index in [9.17, 15) is 24.3 Å². The first-order chi connectivity index (χ1) is 17.1. The van der Waals surface area contributed by atoms with Crippen molar-refractivity contribution in [1.29, 1.82) is 0 Å². The Morgan fingerprint density at radius 1 is 0.861 bits per heavy atom. The third-order valence-corrected chi connectivity index (χ3v) is 5.85. The molecule has 194 valence electrons. The summed E-state index contributed by atoms with van der Waals surface area (Å²) in [5.41, 5.74) is 7.61. The molecule has 4 atom stereocenters. The summed E-state index contributed by atoms with van der Waals surface area (Å²) in [6.07, 6.45) is 0.912. The molecule has 0 saturated carbocycles. The lowest BCUT2D eigenvalue weighted by Crippen LogP contribution is -2.58. The van der Waals surface area contributed by atoms with Gasteiger partial charge in [-0.3, -0.25) is 19.2 Å². The lowest BCUT2D eigenvalue weighted by Gasteiger charge is -2.27. The number of carboxylic acids is 1. The third-order valence-electron chi connectivity index (χ3n) is 5.85. The van der Waals surface area contributed by atoms with Crippen molar-refractivity contribution in [1.82, 2.24) is 16.0 Å². The second-order valence-corrected chi connectivity index (χ2v) is 8.71. The minimum Gasteiger partial charge on any atom is -0.508 e. The van der Waals surface area contributed by atoms with E-state index < -0.39 is 48.4 Å². The summed E-state index contributed by atoms with van der Waals surface area (Å²) in [5.74, 6) is -3.22. The first kappa shape index (κ1) is 28.3. The topological polar surface area (TPSA) is 171 Å². The summed E-state index contributed by atoms with van der Waals surface area (Å²) in [5, 5.41) is 26.1.